The van der Waals surface area contributed by atoms with E-state index in [9.17, 15) is 4.79 Å². The molecular weight excluding hydrogens is 282 g/mol. The van der Waals surface area contributed by atoms with Gasteiger partial charge in [0.2, 0.25) is 5.91 Å². The molecule has 1 aliphatic heterocycles. The van der Waals surface area contributed by atoms with Crippen LogP contribution in [0.15, 0.2) is 24.3 Å². The highest BCUT2D eigenvalue weighted by molar-refractivity contribution is 8.00. The van der Waals surface area contributed by atoms with E-state index in [0.29, 0.717) is 11.2 Å². The van der Waals surface area contributed by atoms with Crippen LogP contribution in [0.4, 0.5) is 0 Å². The zero-order valence-electron chi connectivity index (χ0n) is 12.9. The number of nitrogens with two attached hydrogens (primary N) is 1. The molecule has 116 valence electrons. The van der Waals surface area contributed by atoms with Crippen molar-refractivity contribution in [2.75, 3.05) is 18.8 Å². The van der Waals surface area contributed by atoms with Crippen LogP contribution in [-0.2, 0) is 17.8 Å². The lowest BCUT2D eigenvalue weighted by Crippen LogP contribution is -2.32. The van der Waals surface area contributed by atoms with Gasteiger partial charge in [-0.15, -0.1) is 0 Å². The number of benzene rings is 1. The van der Waals surface area contributed by atoms with Gasteiger partial charge < -0.3 is 0 Å². The standard InChI is InChI=1S/C16H25N3OS/c1-16(2)7-8-19(9-10-21-16)12-14-6-4-3-5-13(14)11-15(20)18-17/h3-6H,7-12,17H2,1-2H3,(H,18,20). The van der Waals surface area contributed by atoms with Crippen molar-refractivity contribution in [1.29, 1.82) is 0 Å². The van der Waals surface area contributed by atoms with Crippen LogP contribution in [0.1, 0.15) is 31.4 Å². The third-order valence-electron chi connectivity index (χ3n) is 3.95. The molecule has 2 rings (SSSR count). The maximum absolute atomic E-state index is 11.5. The van der Waals surface area contributed by atoms with E-state index in [2.05, 4.69) is 42.0 Å². The highest BCUT2D eigenvalue weighted by atomic mass is 32.2. The summed E-state index contributed by atoms with van der Waals surface area (Å²) >= 11 is 2.05. The quantitative estimate of drug-likeness (QED) is 0.507. The van der Waals surface area contributed by atoms with Gasteiger partial charge in [-0.3, -0.25) is 15.1 Å². The fraction of sp³-hybridized carbons (Fsp3) is 0.562. The molecule has 0 aromatic heterocycles. The minimum atomic E-state index is -0.144. The van der Waals surface area contributed by atoms with Crippen LogP contribution in [0, 0.1) is 0 Å². The topological polar surface area (TPSA) is 58.4 Å². The van der Waals surface area contributed by atoms with E-state index in [1.165, 1.54) is 17.7 Å². The largest absolute Gasteiger partial charge is 0.298 e. The Kier molecular flexibility index (Phi) is 5.67. The molecule has 0 saturated carbocycles. The van der Waals surface area contributed by atoms with Gasteiger partial charge >= 0.3 is 0 Å². The van der Waals surface area contributed by atoms with Crippen molar-refractivity contribution in [1.82, 2.24) is 10.3 Å². The monoisotopic (exact) mass is 307 g/mol. The van der Waals surface area contributed by atoms with Gasteiger partial charge in [-0.1, -0.05) is 38.1 Å². The number of amides is 1. The van der Waals surface area contributed by atoms with E-state index < -0.39 is 0 Å². The van der Waals surface area contributed by atoms with Gasteiger partial charge in [-0.2, -0.15) is 11.8 Å². The first-order valence-corrected chi connectivity index (χ1v) is 8.41. The summed E-state index contributed by atoms with van der Waals surface area (Å²) in [7, 11) is 0. The van der Waals surface area contributed by atoms with E-state index >= 15 is 0 Å². The fourth-order valence-corrected chi connectivity index (χ4v) is 3.71. The number of nitrogens with one attached hydrogen (secondary N) is 1. The molecule has 0 spiro atoms. The Morgan fingerprint density at radius 1 is 1.33 bits per heavy atom. The first kappa shape index (κ1) is 16.3. The molecule has 1 aliphatic rings. The van der Waals surface area contributed by atoms with Crippen LogP contribution < -0.4 is 11.3 Å². The Hall–Kier alpha value is -1.04. The molecule has 0 unspecified atom stereocenters. The number of hydrazine groups is 1. The van der Waals surface area contributed by atoms with Gasteiger partial charge in [0.1, 0.15) is 0 Å². The van der Waals surface area contributed by atoms with Gasteiger partial charge in [0.25, 0.3) is 0 Å². The average Bonchev–Trinajstić information content (AvgIpc) is 2.62. The number of hydrogen-bond donors (Lipinski definition) is 2. The highest BCUT2D eigenvalue weighted by Gasteiger charge is 2.23. The maximum atomic E-state index is 11.5. The van der Waals surface area contributed by atoms with Crippen molar-refractivity contribution in [2.24, 2.45) is 5.84 Å². The lowest BCUT2D eigenvalue weighted by atomic mass is 10.0. The molecule has 1 saturated heterocycles. The number of carbonyl (C=O) groups is 1. The summed E-state index contributed by atoms with van der Waals surface area (Å²) in [6, 6.07) is 8.14. The molecule has 21 heavy (non-hydrogen) atoms. The third-order valence-corrected chi connectivity index (χ3v) is 5.33. The second-order valence-electron chi connectivity index (χ2n) is 6.15. The lowest BCUT2D eigenvalue weighted by molar-refractivity contribution is -0.120. The molecule has 1 aromatic carbocycles. The molecule has 5 heteroatoms. The van der Waals surface area contributed by atoms with Crippen LogP contribution in [0.25, 0.3) is 0 Å². The van der Waals surface area contributed by atoms with Gasteiger partial charge in [-0.25, -0.2) is 5.84 Å². The lowest BCUT2D eigenvalue weighted by Gasteiger charge is -2.23. The van der Waals surface area contributed by atoms with Crippen LogP contribution in [0.5, 0.6) is 0 Å². The number of carbonyl (C=O) groups excluding carboxylic acids is 1. The summed E-state index contributed by atoms with van der Waals surface area (Å²) in [5.41, 5.74) is 4.50. The Balaban J connectivity index is 2.03. The zero-order chi connectivity index (χ0) is 15.3. The van der Waals surface area contributed by atoms with Crippen molar-refractivity contribution in [3.63, 3.8) is 0 Å². The SMILES string of the molecule is CC1(C)CCN(Cc2ccccc2CC(=O)NN)CCS1. The van der Waals surface area contributed by atoms with E-state index in [-0.39, 0.29) is 5.91 Å². The molecule has 1 heterocycles. The molecule has 0 aliphatic carbocycles. The van der Waals surface area contributed by atoms with Crippen LogP contribution >= 0.6 is 11.8 Å². The zero-order valence-corrected chi connectivity index (χ0v) is 13.7. The number of rotatable bonds is 4. The predicted octanol–water partition coefficient (Wildman–Crippen LogP) is 1.94. The second-order valence-corrected chi connectivity index (χ2v) is 7.95. The highest BCUT2D eigenvalue weighted by Crippen LogP contribution is 2.31. The second kappa shape index (κ2) is 7.29. The normalized spacial score (nSPS) is 19.0. The smallest absolute Gasteiger partial charge is 0.238 e. The van der Waals surface area contributed by atoms with Crippen LogP contribution in [0.3, 0.4) is 0 Å². The minimum Gasteiger partial charge on any atom is -0.298 e. The summed E-state index contributed by atoms with van der Waals surface area (Å²) < 4.78 is 0.369. The van der Waals surface area contributed by atoms with Crippen LogP contribution in [0.2, 0.25) is 0 Å². The summed E-state index contributed by atoms with van der Waals surface area (Å²) in [6.45, 7) is 7.76. The van der Waals surface area contributed by atoms with E-state index in [0.717, 1.165) is 25.2 Å². The molecule has 1 fully saturated rings. The van der Waals surface area contributed by atoms with Gasteiger partial charge in [0.05, 0.1) is 6.42 Å². The van der Waals surface area contributed by atoms with E-state index in [1.54, 1.807) is 0 Å². The van der Waals surface area contributed by atoms with E-state index in [1.807, 2.05) is 18.2 Å². The van der Waals surface area contributed by atoms with Crippen LogP contribution in [-0.4, -0.2) is 34.4 Å². The Bertz CT molecular complexity index is 490. The van der Waals surface area contributed by atoms with Crippen molar-refractivity contribution in [3.8, 4) is 0 Å². The Morgan fingerprint density at radius 2 is 2.05 bits per heavy atom. The van der Waals surface area contributed by atoms with E-state index in [4.69, 9.17) is 5.84 Å². The minimum absolute atomic E-state index is 0.144. The maximum Gasteiger partial charge on any atom is 0.238 e. The summed E-state index contributed by atoms with van der Waals surface area (Å²) in [5, 5.41) is 0. The van der Waals surface area contributed by atoms with Gasteiger partial charge in [0, 0.05) is 23.6 Å². The molecule has 4 nitrogen and oxygen atoms in total. The average molecular weight is 307 g/mol. The van der Waals surface area contributed by atoms with Crippen molar-refractivity contribution in [3.05, 3.63) is 35.4 Å². The molecule has 1 aromatic rings. The van der Waals surface area contributed by atoms with Crippen molar-refractivity contribution < 1.29 is 4.79 Å². The predicted molar refractivity (Wildman–Crippen MR) is 88.9 cm³/mol. The third kappa shape index (κ3) is 5.02. The van der Waals surface area contributed by atoms with Crippen molar-refractivity contribution in [2.45, 2.75) is 38.0 Å². The molecule has 3 N–H and O–H groups in total. The van der Waals surface area contributed by atoms with Crippen molar-refractivity contribution >= 4 is 17.7 Å². The number of hydrogen-bond acceptors (Lipinski definition) is 4. The Labute approximate surface area is 131 Å². The summed E-state index contributed by atoms with van der Waals surface area (Å²) in [5.74, 6) is 6.21. The molecule has 0 radical (unpaired) electrons. The molecule has 0 bridgehead atoms. The summed E-state index contributed by atoms with van der Waals surface area (Å²) in [6.07, 6.45) is 1.55. The number of thioether (sulfide) groups is 1. The number of nitrogens with zero attached hydrogens (tertiary/aromatic N) is 1. The summed E-state index contributed by atoms with van der Waals surface area (Å²) in [4.78, 5) is 14.0. The fourth-order valence-electron chi connectivity index (χ4n) is 2.57. The molecular formula is C16H25N3OS. The molecule has 0 atom stereocenters. The van der Waals surface area contributed by atoms with Gasteiger partial charge in [-0.05, 0) is 24.1 Å². The molecule has 1 amide bonds. The Morgan fingerprint density at radius 3 is 2.76 bits per heavy atom. The first-order chi connectivity index (χ1) is 10.00. The van der Waals surface area contributed by atoms with Gasteiger partial charge in [0.15, 0.2) is 0 Å². The first-order valence-electron chi connectivity index (χ1n) is 7.43.